The van der Waals surface area contributed by atoms with Crippen LogP contribution < -0.4 is 5.32 Å². The maximum atomic E-state index is 12.3. The Hall–Kier alpha value is -2.67. The molecule has 2 rings (SSSR count). The Bertz CT molecular complexity index is 798. The Kier molecular flexibility index (Phi) is 6.91. The predicted octanol–water partition coefficient (Wildman–Crippen LogP) is 3.70. The molecule has 26 heavy (non-hydrogen) atoms. The number of carbonyl (C=O) groups excluding carboxylic acids is 3. The molecule has 1 N–H and O–H groups in total. The standard InChI is InChI=1S/C19H21NO5S/c1-4-24-18(22)15-12(3)16(19(23)25-5-2)26-17(15)20-11-14(21)13-9-7-6-8-10-13/h6-10,20H,4-5,11H2,1-3H3. The van der Waals surface area contributed by atoms with Crippen molar-refractivity contribution in [1.82, 2.24) is 0 Å². The smallest absolute Gasteiger partial charge is 0.348 e. The van der Waals surface area contributed by atoms with Gasteiger partial charge in [-0.3, -0.25) is 4.79 Å². The number of anilines is 1. The normalized spacial score (nSPS) is 10.3. The molecule has 1 heterocycles. The molecule has 1 aromatic heterocycles. The van der Waals surface area contributed by atoms with Crippen LogP contribution in [0.1, 0.15) is 49.8 Å². The van der Waals surface area contributed by atoms with Crippen LogP contribution in [0.25, 0.3) is 0 Å². The molecule has 0 saturated heterocycles. The van der Waals surface area contributed by atoms with Gasteiger partial charge in [0.15, 0.2) is 5.78 Å². The largest absolute Gasteiger partial charge is 0.462 e. The van der Waals surface area contributed by atoms with Crippen molar-refractivity contribution in [2.75, 3.05) is 25.1 Å². The summed E-state index contributed by atoms with van der Waals surface area (Å²) < 4.78 is 10.1. The molecular weight excluding hydrogens is 354 g/mol. The first kappa shape index (κ1) is 19.7. The molecule has 138 valence electrons. The van der Waals surface area contributed by atoms with Crippen molar-refractivity contribution >= 4 is 34.1 Å². The summed E-state index contributed by atoms with van der Waals surface area (Å²) in [5.41, 5.74) is 1.32. The van der Waals surface area contributed by atoms with Crippen LogP contribution in [0.4, 0.5) is 5.00 Å². The van der Waals surface area contributed by atoms with Crippen molar-refractivity contribution in [3.05, 3.63) is 51.9 Å². The van der Waals surface area contributed by atoms with Crippen molar-refractivity contribution in [3.63, 3.8) is 0 Å². The zero-order chi connectivity index (χ0) is 19.1. The third-order valence-corrected chi connectivity index (χ3v) is 4.82. The molecule has 0 aliphatic heterocycles. The molecular formula is C19H21NO5S. The maximum Gasteiger partial charge on any atom is 0.348 e. The first-order valence-electron chi connectivity index (χ1n) is 8.29. The van der Waals surface area contributed by atoms with E-state index in [1.165, 1.54) is 0 Å². The first-order chi connectivity index (χ1) is 12.5. The van der Waals surface area contributed by atoms with Crippen LogP contribution in [-0.4, -0.2) is 37.5 Å². The molecule has 0 unspecified atom stereocenters. The van der Waals surface area contributed by atoms with Crippen LogP contribution in [0, 0.1) is 6.92 Å². The van der Waals surface area contributed by atoms with Crippen molar-refractivity contribution in [2.45, 2.75) is 20.8 Å². The fourth-order valence-electron chi connectivity index (χ4n) is 2.37. The van der Waals surface area contributed by atoms with E-state index in [9.17, 15) is 14.4 Å². The highest BCUT2D eigenvalue weighted by Crippen LogP contribution is 2.34. The Morgan fingerprint density at radius 2 is 1.62 bits per heavy atom. The molecule has 0 radical (unpaired) electrons. The number of Topliss-reactive ketones (excluding diaryl/α,β-unsaturated/α-hetero) is 1. The van der Waals surface area contributed by atoms with Crippen LogP contribution in [0.15, 0.2) is 30.3 Å². The van der Waals surface area contributed by atoms with Crippen molar-refractivity contribution in [2.24, 2.45) is 0 Å². The predicted molar refractivity (Wildman–Crippen MR) is 100 cm³/mol. The van der Waals surface area contributed by atoms with Gasteiger partial charge >= 0.3 is 11.9 Å². The van der Waals surface area contributed by atoms with Gasteiger partial charge in [0.05, 0.1) is 25.3 Å². The number of hydrogen-bond acceptors (Lipinski definition) is 7. The second-order valence-corrected chi connectivity index (χ2v) is 6.36. The van der Waals surface area contributed by atoms with E-state index in [0.29, 0.717) is 21.0 Å². The SMILES string of the molecule is CCOC(=O)c1sc(NCC(=O)c2ccccc2)c(C(=O)OCC)c1C. The number of ether oxygens (including phenoxy) is 2. The minimum atomic E-state index is -0.536. The number of hydrogen-bond donors (Lipinski definition) is 1. The minimum absolute atomic E-state index is 0.00135. The number of benzene rings is 1. The summed E-state index contributed by atoms with van der Waals surface area (Å²) in [6.45, 7) is 5.53. The summed E-state index contributed by atoms with van der Waals surface area (Å²) in [6.07, 6.45) is 0. The molecule has 0 bridgehead atoms. The lowest BCUT2D eigenvalue weighted by Crippen LogP contribution is -2.15. The fraction of sp³-hybridized carbons (Fsp3) is 0.316. The van der Waals surface area contributed by atoms with Crippen LogP contribution in [0.3, 0.4) is 0 Å². The van der Waals surface area contributed by atoms with E-state index in [1.807, 2.05) is 6.07 Å². The number of ketones is 1. The van der Waals surface area contributed by atoms with Crippen LogP contribution in [-0.2, 0) is 9.47 Å². The third-order valence-electron chi connectivity index (χ3n) is 3.59. The number of nitrogens with one attached hydrogen (secondary N) is 1. The summed E-state index contributed by atoms with van der Waals surface area (Å²) in [5, 5.41) is 3.39. The van der Waals surface area contributed by atoms with Crippen LogP contribution >= 0.6 is 11.3 Å². The fourth-order valence-corrected chi connectivity index (χ4v) is 3.45. The summed E-state index contributed by atoms with van der Waals surface area (Å²) in [7, 11) is 0. The highest BCUT2D eigenvalue weighted by molar-refractivity contribution is 7.18. The summed E-state index contributed by atoms with van der Waals surface area (Å²) in [4.78, 5) is 37.0. The lowest BCUT2D eigenvalue weighted by Gasteiger charge is -2.07. The quantitative estimate of drug-likeness (QED) is 0.560. The van der Waals surface area contributed by atoms with Gasteiger partial charge in [-0.2, -0.15) is 0 Å². The summed E-state index contributed by atoms with van der Waals surface area (Å²) in [5.74, 6) is -1.15. The van der Waals surface area contributed by atoms with Gasteiger partial charge in [-0.1, -0.05) is 30.3 Å². The molecule has 0 fully saturated rings. The molecule has 0 amide bonds. The van der Waals surface area contributed by atoms with E-state index >= 15 is 0 Å². The van der Waals surface area contributed by atoms with Gasteiger partial charge in [0.25, 0.3) is 0 Å². The van der Waals surface area contributed by atoms with Crippen molar-refractivity contribution < 1.29 is 23.9 Å². The number of carbonyl (C=O) groups is 3. The highest BCUT2D eigenvalue weighted by Gasteiger charge is 2.26. The van der Waals surface area contributed by atoms with Gasteiger partial charge in [0, 0.05) is 5.56 Å². The average Bonchev–Trinajstić information content (AvgIpc) is 2.97. The highest BCUT2D eigenvalue weighted by atomic mass is 32.1. The zero-order valence-corrected chi connectivity index (χ0v) is 15.8. The Labute approximate surface area is 156 Å². The van der Waals surface area contributed by atoms with Crippen LogP contribution in [0.2, 0.25) is 0 Å². The molecule has 0 aliphatic carbocycles. The van der Waals surface area contributed by atoms with Gasteiger partial charge in [-0.15, -0.1) is 11.3 Å². The molecule has 2 aromatic rings. The Morgan fingerprint density at radius 1 is 1.00 bits per heavy atom. The average molecular weight is 375 g/mol. The molecule has 6 nitrogen and oxygen atoms in total. The molecule has 0 saturated carbocycles. The zero-order valence-electron chi connectivity index (χ0n) is 15.0. The first-order valence-corrected chi connectivity index (χ1v) is 9.10. The lowest BCUT2D eigenvalue weighted by atomic mass is 10.1. The Balaban J connectivity index is 2.27. The second kappa shape index (κ2) is 9.15. The lowest BCUT2D eigenvalue weighted by molar-refractivity contribution is 0.0527. The van der Waals surface area contributed by atoms with Crippen LogP contribution in [0.5, 0.6) is 0 Å². The van der Waals surface area contributed by atoms with Gasteiger partial charge in [0.2, 0.25) is 0 Å². The topological polar surface area (TPSA) is 81.7 Å². The molecule has 0 spiro atoms. The van der Waals surface area contributed by atoms with E-state index in [-0.39, 0.29) is 31.1 Å². The van der Waals surface area contributed by atoms with E-state index in [2.05, 4.69) is 5.32 Å². The number of thiophene rings is 1. The van der Waals surface area contributed by atoms with Crippen molar-refractivity contribution in [1.29, 1.82) is 0 Å². The maximum absolute atomic E-state index is 12.3. The van der Waals surface area contributed by atoms with E-state index in [1.54, 1.807) is 45.0 Å². The molecule has 7 heteroatoms. The van der Waals surface area contributed by atoms with Gasteiger partial charge in [-0.25, -0.2) is 9.59 Å². The minimum Gasteiger partial charge on any atom is -0.462 e. The summed E-state index contributed by atoms with van der Waals surface area (Å²) >= 11 is 1.09. The van der Waals surface area contributed by atoms with E-state index in [0.717, 1.165) is 11.3 Å². The third kappa shape index (κ3) is 4.49. The van der Waals surface area contributed by atoms with Crippen molar-refractivity contribution in [3.8, 4) is 0 Å². The van der Waals surface area contributed by atoms with Gasteiger partial charge in [-0.05, 0) is 26.3 Å². The van der Waals surface area contributed by atoms with E-state index < -0.39 is 11.9 Å². The monoisotopic (exact) mass is 375 g/mol. The molecule has 0 aliphatic rings. The molecule has 1 aromatic carbocycles. The summed E-state index contributed by atoms with van der Waals surface area (Å²) in [6, 6.07) is 8.84. The van der Waals surface area contributed by atoms with Gasteiger partial charge in [0.1, 0.15) is 9.88 Å². The number of rotatable bonds is 8. The Morgan fingerprint density at radius 3 is 2.23 bits per heavy atom. The number of esters is 2. The van der Waals surface area contributed by atoms with E-state index in [4.69, 9.17) is 9.47 Å². The second-order valence-electron chi connectivity index (χ2n) is 5.34. The van der Waals surface area contributed by atoms with Gasteiger partial charge < -0.3 is 14.8 Å². The molecule has 0 atom stereocenters.